The van der Waals surface area contributed by atoms with Gasteiger partial charge in [-0.1, -0.05) is 44.2 Å². The molecule has 0 spiro atoms. The van der Waals surface area contributed by atoms with Crippen LogP contribution in [0, 0.1) is 17.8 Å². The molecule has 0 bridgehead atoms. The van der Waals surface area contributed by atoms with Gasteiger partial charge in [0.15, 0.2) is 0 Å². The van der Waals surface area contributed by atoms with Gasteiger partial charge in [-0.3, -0.25) is 19.4 Å². The molecule has 118 valence electrons. The Bertz CT molecular complexity index is 570. The summed E-state index contributed by atoms with van der Waals surface area (Å²) in [7, 11) is 1.62. The number of amides is 2. The Kier molecular flexibility index (Phi) is 4.04. The minimum absolute atomic E-state index is 0.000632. The highest BCUT2D eigenvalue weighted by Crippen LogP contribution is 2.40. The highest BCUT2D eigenvalue weighted by Gasteiger charge is 2.55. The Morgan fingerprint density at radius 1 is 1.14 bits per heavy atom. The topological polar surface area (TPSA) is 40.6 Å². The molecule has 3 atom stereocenters. The fraction of sp³-hybridized carbons (Fsp3) is 0.556. The predicted molar refractivity (Wildman–Crippen MR) is 84.9 cm³/mol. The van der Waals surface area contributed by atoms with Crippen LogP contribution in [0.5, 0.6) is 0 Å². The number of hydrogen-bond donors (Lipinski definition) is 0. The molecule has 0 saturated carbocycles. The van der Waals surface area contributed by atoms with Crippen LogP contribution in [0.2, 0.25) is 0 Å². The van der Waals surface area contributed by atoms with Crippen LogP contribution in [0.4, 0.5) is 0 Å². The van der Waals surface area contributed by atoms with E-state index in [4.69, 9.17) is 0 Å². The summed E-state index contributed by atoms with van der Waals surface area (Å²) >= 11 is 0. The summed E-state index contributed by atoms with van der Waals surface area (Å²) in [6.07, 6.45) is 0.959. The zero-order valence-corrected chi connectivity index (χ0v) is 13.5. The maximum Gasteiger partial charge on any atom is 0.234 e. The van der Waals surface area contributed by atoms with E-state index in [1.165, 1.54) is 10.5 Å². The lowest BCUT2D eigenvalue weighted by Crippen LogP contribution is -2.39. The van der Waals surface area contributed by atoms with E-state index in [0.29, 0.717) is 12.5 Å². The lowest BCUT2D eigenvalue weighted by Gasteiger charge is -2.29. The summed E-state index contributed by atoms with van der Waals surface area (Å²) in [5.41, 5.74) is 1.24. The smallest absolute Gasteiger partial charge is 0.234 e. The van der Waals surface area contributed by atoms with Crippen LogP contribution < -0.4 is 0 Å². The average molecular weight is 300 g/mol. The molecule has 0 N–H and O–H groups in total. The van der Waals surface area contributed by atoms with Crippen molar-refractivity contribution in [2.75, 3.05) is 13.6 Å². The molecule has 1 aromatic rings. The number of nitrogens with zero attached hydrogens (tertiary/aromatic N) is 2. The summed E-state index contributed by atoms with van der Waals surface area (Å²) in [4.78, 5) is 28.4. The summed E-state index contributed by atoms with van der Waals surface area (Å²) in [5, 5.41) is 0. The maximum atomic E-state index is 12.5. The highest BCUT2D eigenvalue weighted by molar-refractivity contribution is 6.05. The molecule has 2 aliphatic rings. The van der Waals surface area contributed by atoms with Crippen molar-refractivity contribution in [3.63, 3.8) is 0 Å². The Hall–Kier alpha value is -1.68. The largest absolute Gasteiger partial charge is 0.294 e. The van der Waals surface area contributed by atoms with E-state index in [0.717, 1.165) is 13.0 Å². The number of imide groups is 1. The van der Waals surface area contributed by atoms with Crippen LogP contribution in [0.1, 0.15) is 25.8 Å². The maximum absolute atomic E-state index is 12.5. The number of likely N-dealkylation sites (tertiary alicyclic amines) is 2. The van der Waals surface area contributed by atoms with E-state index in [1.54, 1.807) is 7.05 Å². The van der Waals surface area contributed by atoms with Gasteiger partial charge in [0, 0.05) is 26.2 Å². The first-order valence-corrected chi connectivity index (χ1v) is 8.08. The van der Waals surface area contributed by atoms with Crippen molar-refractivity contribution < 1.29 is 9.59 Å². The molecule has 0 unspecified atom stereocenters. The fourth-order valence-electron chi connectivity index (χ4n) is 3.92. The molecule has 0 aromatic heterocycles. The van der Waals surface area contributed by atoms with Crippen molar-refractivity contribution in [1.82, 2.24) is 9.80 Å². The van der Waals surface area contributed by atoms with Crippen molar-refractivity contribution in [3.8, 4) is 0 Å². The lowest BCUT2D eigenvalue weighted by molar-refractivity contribution is -0.139. The number of carbonyl (C=O) groups is 2. The van der Waals surface area contributed by atoms with Crippen LogP contribution in [0.3, 0.4) is 0 Å². The Balaban J connectivity index is 1.84. The molecule has 0 aliphatic carbocycles. The molecular weight excluding hydrogens is 276 g/mol. The van der Waals surface area contributed by atoms with Crippen molar-refractivity contribution in [2.45, 2.75) is 32.9 Å². The Morgan fingerprint density at radius 2 is 1.82 bits per heavy atom. The van der Waals surface area contributed by atoms with Gasteiger partial charge < -0.3 is 0 Å². The lowest BCUT2D eigenvalue weighted by atomic mass is 9.88. The van der Waals surface area contributed by atoms with Crippen molar-refractivity contribution in [2.24, 2.45) is 17.8 Å². The predicted octanol–water partition coefficient (Wildman–Crippen LogP) is 2.15. The molecule has 4 nitrogen and oxygen atoms in total. The summed E-state index contributed by atoms with van der Waals surface area (Å²) < 4.78 is 0. The van der Waals surface area contributed by atoms with Crippen molar-refractivity contribution in [1.29, 1.82) is 0 Å². The Morgan fingerprint density at radius 3 is 2.45 bits per heavy atom. The molecule has 2 amide bonds. The first kappa shape index (κ1) is 15.2. The average Bonchev–Trinajstić information content (AvgIpc) is 2.92. The number of benzene rings is 1. The van der Waals surface area contributed by atoms with Gasteiger partial charge in [-0.2, -0.15) is 0 Å². The van der Waals surface area contributed by atoms with E-state index in [9.17, 15) is 9.59 Å². The van der Waals surface area contributed by atoms with Crippen LogP contribution >= 0.6 is 0 Å². The summed E-state index contributed by atoms with van der Waals surface area (Å²) in [6, 6.07) is 10.5. The van der Waals surface area contributed by atoms with E-state index >= 15 is 0 Å². The van der Waals surface area contributed by atoms with Gasteiger partial charge in [0.2, 0.25) is 11.8 Å². The third-order valence-corrected chi connectivity index (χ3v) is 4.95. The van der Waals surface area contributed by atoms with Crippen molar-refractivity contribution >= 4 is 11.8 Å². The molecule has 0 radical (unpaired) electrons. The van der Waals surface area contributed by atoms with Gasteiger partial charge in [-0.05, 0) is 17.9 Å². The second kappa shape index (κ2) is 5.84. The van der Waals surface area contributed by atoms with Gasteiger partial charge in [-0.15, -0.1) is 0 Å². The number of fused-ring (bicyclic) bond motifs is 1. The number of carbonyl (C=O) groups excluding carboxylic acids is 2. The number of hydrogen-bond acceptors (Lipinski definition) is 3. The van der Waals surface area contributed by atoms with Crippen LogP contribution in [0.15, 0.2) is 30.3 Å². The standard InChI is InChI=1S/C18H24N2O2/c1-12(2)9-15-16-14(17(21)19(3)18(16)22)11-20(15)10-13-7-5-4-6-8-13/h4-8,12,14-16H,9-11H2,1-3H3/t14-,15+,16-/m0/s1. The van der Waals surface area contributed by atoms with Crippen molar-refractivity contribution in [3.05, 3.63) is 35.9 Å². The highest BCUT2D eigenvalue weighted by atomic mass is 16.2. The van der Waals surface area contributed by atoms with Gasteiger partial charge in [0.05, 0.1) is 11.8 Å². The van der Waals surface area contributed by atoms with Crippen LogP contribution in [-0.2, 0) is 16.1 Å². The summed E-state index contributed by atoms with van der Waals surface area (Å²) in [5.74, 6) is 0.222. The first-order chi connectivity index (χ1) is 10.5. The molecule has 2 fully saturated rings. The van der Waals surface area contributed by atoms with Crippen LogP contribution in [0.25, 0.3) is 0 Å². The minimum atomic E-state index is -0.149. The third kappa shape index (κ3) is 2.56. The molecule has 2 saturated heterocycles. The van der Waals surface area contributed by atoms with E-state index in [1.807, 2.05) is 18.2 Å². The normalized spacial score (nSPS) is 28.7. The van der Waals surface area contributed by atoms with Gasteiger partial charge in [0.1, 0.15) is 0 Å². The molecular formula is C18H24N2O2. The van der Waals surface area contributed by atoms with Gasteiger partial charge in [-0.25, -0.2) is 0 Å². The molecule has 2 aliphatic heterocycles. The zero-order chi connectivity index (χ0) is 15.9. The molecule has 2 heterocycles. The third-order valence-electron chi connectivity index (χ3n) is 4.95. The van der Waals surface area contributed by atoms with Gasteiger partial charge in [0.25, 0.3) is 0 Å². The minimum Gasteiger partial charge on any atom is -0.294 e. The molecule has 1 aromatic carbocycles. The summed E-state index contributed by atoms with van der Waals surface area (Å²) in [6.45, 7) is 5.87. The quantitative estimate of drug-likeness (QED) is 0.800. The molecule has 3 rings (SSSR count). The van der Waals surface area contributed by atoms with E-state index < -0.39 is 0 Å². The number of rotatable bonds is 4. The second-order valence-corrected chi connectivity index (χ2v) is 6.98. The SMILES string of the molecule is CC(C)C[C@@H]1[C@H]2C(=O)N(C)C(=O)[C@H]2CN1Cc1ccccc1. The monoisotopic (exact) mass is 300 g/mol. The fourth-order valence-corrected chi connectivity index (χ4v) is 3.92. The molecule has 22 heavy (non-hydrogen) atoms. The zero-order valence-electron chi connectivity index (χ0n) is 13.5. The van der Waals surface area contributed by atoms with Crippen LogP contribution in [-0.4, -0.2) is 41.2 Å². The van der Waals surface area contributed by atoms with Gasteiger partial charge >= 0.3 is 0 Å². The molecule has 4 heteroatoms. The van der Waals surface area contributed by atoms with E-state index in [-0.39, 0.29) is 29.7 Å². The first-order valence-electron chi connectivity index (χ1n) is 8.08. The Labute approximate surface area is 132 Å². The van der Waals surface area contributed by atoms with E-state index in [2.05, 4.69) is 30.9 Å². The second-order valence-electron chi connectivity index (χ2n) is 6.98.